The van der Waals surface area contributed by atoms with Crippen LogP contribution in [0.5, 0.6) is 0 Å². The zero-order valence-electron chi connectivity index (χ0n) is 8.01. The van der Waals surface area contributed by atoms with Crippen LogP contribution in [0.1, 0.15) is 26.7 Å². The fourth-order valence-corrected chi connectivity index (χ4v) is 1.69. The van der Waals surface area contributed by atoms with Crippen LogP contribution < -0.4 is 5.32 Å². The van der Waals surface area contributed by atoms with Crippen molar-refractivity contribution in [1.82, 2.24) is 5.32 Å². The highest BCUT2D eigenvalue weighted by Crippen LogP contribution is 2.18. The lowest BCUT2D eigenvalue weighted by Gasteiger charge is -2.22. The first-order valence-electron chi connectivity index (χ1n) is 4.83. The molecule has 0 aromatic heterocycles. The molecule has 0 amide bonds. The van der Waals surface area contributed by atoms with Gasteiger partial charge in [0.1, 0.15) is 0 Å². The number of aliphatic hydroxyl groups excluding tert-OH is 1. The Labute approximate surface area is 74.7 Å². The van der Waals surface area contributed by atoms with Crippen molar-refractivity contribution in [2.75, 3.05) is 13.1 Å². The van der Waals surface area contributed by atoms with E-state index in [4.69, 9.17) is 0 Å². The minimum atomic E-state index is -0.270. The summed E-state index contributed by atoms with van der Waals surface area (Å²) in [7, 11) is 0. The van der Waals surface area contributed by atoms with E-state index in [0.29, 0.717) is 12.5 Å². The van der Waals surface area contributed by atoms with Crippen molar-refractivity contribution in [3.05, 3.63) is 11.6 Å². The van der Waals surface area contributed by atoms with E-state index >= 15 is 0 Å². The summed E-state index contributed by atoms with van der Waals surface area (Å²) in [5, 5.41) is 12.6. The highest BCUT2D eigenvalue weighted by Gasteiger charge is 2.14. The van der Waals surface area contributed by atoms with Gasteiger partial charge in [0.25, 0.3) is 0 Å². The minimum absolute atomic E-state index is 0.270. The second kappa shape index (κ2) is 4.63. The lowest BCUT2D eigenvalue weighted by molar-refractivity contribution is 0.210. The first-order chi connectivity index (χ1) is 5.74. The van der Waals surface area contributed by atoms with Gasteiger partial charge < -0.3 is 10.4 Å². The number of hydrogen-bond acceptors (Lipinski definition) is 2. The molecule has 1 heterocycles. The molecule has 0 aliphatic carbocycles. The Bertz CT molecular complexity index is 165. The Morgan fingerprint density at radius 2 is 2.50 bits per heavy atom. The Morgan fingerprint density at radius 3 is 3.08 bits per heavy atom. The lowest BCUT2D eigenvalue weighted by atomic mass is 9.93. The maximum absolute atomic E-state index is 9.36. The van der Waals surface area contributed by atoms with Crippen molar-refractivity contribution >= 4 is 0 Å². The molecule has 0 spiro atoms. The van der Waals surface area contributed by atoms with Crippen molar-refractivity contribution in [3.8, 4) is 0 Å². The minimum Gasteiger partial charge on any atom is -0.388 e. The summed E-state index contributed by atoms with van der Waals surface area (Å²) in [5.74, 6) is 0.623. The van der Waals surface area contributed by atoms with E-state index in [1.54, 1.807) is 0 Å². The lowest BCUT2D eigenvalue weighted by Crippen LogP contribution is -2.33. The van der Waals surface area contributed by atoms with Gasteiger partial charge in [-0.05, 0) is 12.3 Å². The predicted octanol–water partition coefficient (Wildman–Crippen LogP) is 1.31. The van der Waals surface area contributed by atoms with Crippen LogP contribution in [0.2, 0.25) is 0 Å². The summed E-state index contributed by atoms with van der Waals surface area (Å²) in [5.41, 5.74) is 1.37. The highest BCUT2D eigenvalue weighted by atomic mass is 16.3. The third-order valence-corrected chi connectivity index (χ3v) is 2.44. The number of hydrogen-bond donors (Lipinski definition) is 2. The van der Waals surface area contributed by atoms with Crippen LogP contribution in [0, 0.1) is 5.92 Å². The fraction of sp³-hybridized carbons (Fsp3) is 0.800. The normalized spacial score (nSPS) is 26.6. The van der Waals surface area contributed by atoms with Crippen LogP contribution in [0.4, 0.5) is 0 Å². The number of β-amino-alcohol motifs (C(OH)–C–C–N with tert-alkyl or cyclic N) is 1. The van der Waals surface area contributed by atoms with E-state index in [2.05, 4.69) is 19.2 Å². The molecule has 0 saturated heterocycles. The van der Waals surface area contributed by atoms with Crippen LogP contribution in [0.15, 0.2) is 11.6 Å². The molecule has 0 radical (unpaired) electrons. The molecule has 0 aromatic carbocycles. The molecule has 2 nitrogen and oxygen atoms in total. The zero-order chi connectivity index (χ0) is 8.97. The Balaban J connectivity index is 2.48. The van der Waals surface area contributed by atoms with E-state index in [1.165, 1.54) is 18.4 Å². The molecule has 1 rings (SSSR count). The molecule has 2 unspecified atom stereocenters. The predicted molar refractivity (Wildman–Crippen MR) is 51.0 cm³/mol. The Hall–Kier alpha value is -0.340. The maximum atomic E-state index is 9.36. The highest BCUT2D eigenvalue weighted by molar-refractivity contribution is 5.13. The van der Waals surface area contributed by atoms with Crippen LogP contribution in [0.25, 0.3) is 0 Å². The van der Waals surface area contributed by atoms with Gasteiger partial charge in [-0.2, -0.15) is 0 Å². The number of aliphatic hydroxyl groups is 1. The smallest absolute Gasteiger partial charge is 0.0848 e. The van der Waals surface area contributed by atoms with E-state index < -0.39 is 0 Å². The van der Waals surface area contributed by atoms with E-state index in [-0.39, 0.29) is 6.10 Å². The van der Waals surface area contributed by atoms with Gasteiger partial charge in [-0.15, -0.1) is 0 Å². The summed E-state index contributed by atoms with van der Waals surface area (Å²) >= 11 is 0. The fourth-order valence-electron chi connectivity index (χ4n) is 1.69. The van der Waals surface area contributed by atoms with Gasteiger partial charge in [-0.25, -0.2) is 0 Å². The second-order valence-electron chi connectivity index (χ2n) is 3.63. The second-order valence-corrected chi connectivity index (χ2v) is 3.63. The van der Waals surface area contributed by atoms with Gasteiger partial charge in [0.2, 0.25) is 0 Å². The largest absolute Gasteiger partial charge is 0.388 e. The van der Waals surface area contributed by atoms with Gasteiger partial charge in [0.15, 0.2) is 0 Å². The molecule has 0 bridgehead atoms. The summed E-state index contributed by atoms with van der Waals surface area (Å²) < 4.78 is 0. The molecule has 1 aliphatic heterocycles. The zero-order valence-corrected chi connectivity index (χ0v) is 8.01. The first kappa shape index (κ1) is 9.75. The maximum Gasteiger partial charge on any atom is 0.0848 e. The van der Waals surface area contributed by atoms with Crippen LogP contribution in [-0.2, 0) is 0 Å². The van der Waals surface area contributed by atoms with Crippen molar-refractivity contribution in [3.63, 3.8) is 0 Å². The van der Waals surface area contributed by atoms with Gasteiger partial charge in [-0.3, -0.25) is 0 Å². The van der Waals surface area contributed by atoms with Crippen molar-refractivity contribution in [2.24, 2.45) is 5.92 Å². The van der Waals surface area contributed by atoms with E-state index in [9.17, 15) is 5.11 Å². The molecule has 0 aromatic rings. The molecule has 2 N–H and O–H groups in total. The quantitative estimate of drug-likeness (QED) is 0.624. The molecule has 70 valence electrons. The molecule has 2 atom stereocenters. The first-order valence-corrected chi connectivity index (χ1v) is 4.83. The van der Waals surface area contributed by atoms with E-state index in [1.807, 2.05) is 6.08 Å². The average molecular weight is 169 g/mol. The summed E-state index contributed by atoms with van der Waals surface area (Å²) in [6.07, 6.45) is 4.18. The molecule has 0 saturated carbocycles. The van der Waals surface area contributed by atoms with Crippen molar-refractivity contribution in [2.45, 2.75) is 32.8 Å². The van der Waals surface area contributed by atoms with Gasteiger partial charge in [-0.1, -0.05) is 31.9 Å². The monoisotopic (exact) mass is 169 g/mol. The molecule has 1 aliphatic rings. The summed E-state index contributed by atoms with van der Waals surface area (Å²) in [6, 6.07) is 0. The van der Waals surface area contributed by atoms with Crippen LogP contribution in [0.3, 0.4) is 0 Å². The number of rotatable bonds is 3. The van der Waals surface area contributed by atoms with Gasteiger partial charge in [0, 0.05) is 13.1 Å². The van der Waals surface area contributed by atoms with Crippen LogP contribution in [-0.4, -0.2) is 24.3 Å². The van der Waals surface area contributed by atoms with E-state index in [0.717, 1.165) is 6.54 Å². The molecule has 0 fully saturated rings. The summed E-state index contributed by atoms with van der Waals surface area (Å²) in [4.78, 5) is 0. The Kier molecular flexibility index (Phi) is 3.76. The number of nitrogens with one attached hydrogen (secondary N) is 1. The van der Waals surface area contributed by atoms with Crippen LogP contribution >= 0.6 is 0 Å². The topological polar surface area (TPSA) is 32.3 Å². The molecule has 12 heavy (non-hydrogen) atoms. The van der Waals surface area contributed by atoms with Gasteiger partial charge >= 0.3 is 0 Å². The molecule has 2 heteroatoms. The molecular formula is C10H19NO. The third-order valence-electron chi connectivity index (χ3n) is 2.44. The molecular weight excluding hydrogens is 150 g/mol. The SMILES string of the molecule is CCCC(C)C1=CC(O)CNC1. The van der Waals surface area contributed by atoms with Crippen molar-refractivity contribution in [1.29, 1.82) is 0 Å². The van der Waals surface area contributed by atoms with Crippen molar-refractivity contribution < 1.29 is 5.11 Å². The average Bonchev–Trinajstić information content (AvgIpc) is 2.05. The van der Waals surface area contributed by atoms with Gasteiger partial charge in [0.05, 0.1) is 6.10 Å². The third kappa shape index (κ3) is 2.61. The Morgan fingerprint density at radius 1 is 1.75 bits per heavy atom. The summed E-state index contributed by atoms with van der Waals surface area (Å²) in [6.45, 7) is 6.10. The standard InChI is InChI=1S/C10H19NO/c1-3-4-8(2)9-5-10(12)7-11-6-9/h5,8,10-12H,3-4,6-7H2,1-2H3.